The van der Waals surface area contributed by atoms with Crippen LogP contribution in [-0.4, -0.2) is 22.6 Å². The summed E-state index contributed by atoms with van der Waals surface area (Å²) in [6.45, 7) is 4.74. The topological polar surface area (TPSA) is 68.0 Å². The number of aromatic nitrogens is 2. The Labute approximate surface area is 164 Å². The molecule has 1 N–H and O–H groups in total. The minimum Gasteiger partial charge on any atom is -0.356 e. The van der Waals surface area contributed by atoms with E-state index in [1.807, 2.05) is 18.2 Å². The van der Waals surface area contributed by atoms with E-state index in [4.69, 9.17) is 4.52 Å². The predicted molar refractivity (Wildman–Crippen MR) is 105 cm³/mol. The summed E-state index contributed by atoms with van der Waals surface area (Å²) in [7, 11) is 0. The Kier molecular flexibility index (Phi) is 6.53. The first-order chi connectivity index (χ1) is 13.5. The fourth-order valence-electron chi connectivity index (χ4n) is 2.84. The molecule has 0 saturated carbocycles. The van der Waals surface area contributed by atoms with Crippen LogP contribution in [0.3, 0.4) is 0 Å². The molecule has 3 aromatic rings. The lowest BCUT2D eigenvalue weighted by Crippen LogP contribution is -2.25. The quantitative estimate of drug-likeness (QED) is 0.632. The summed E-state index contributed by atoms with van der Waals surface area (Å²) in [5, 5.41) is 6.82. The number of hydrogen-bond acceptors (Lipinski definition) is 4. The Balaban J connectivity index is 1.45. The number of carbonyl (C=O) groups is 1. The van der Waals surface area contributed by atoms with Crippen LogP contribution in [0.25, 0.3) is 11.4 Å². The SMILES string of the molecule is CC(C)c1ccc(-c2noc(CCC(=O)NCCc3cccc(F)c3)n2)cc1. The van der Waals surface area contributed by atoms with Gasteiger partial charge in [0.2, 0.25) is 17.6 Å². The first-order valence-corrected chi connectivity index (χ1v) is 9.45. The van der Waals surface area contributed by atoms with Crippen molar-refractivity contribution >= 4 is 5.91 Å². The zero-order valence-corrected chi connectivity index (χ0v) is 16.1. The molecule has 0 fully saturated rings. The van der Waals surface area contributed by atoms with Crippen LogP contribution in [-0.2, 0) is 17.6 Å². The molecule has 3 rings (SSSR count). The fraction of sp³-hybridized carbons (Fsp3) is 0.318. The first-order valence-electron chi connectivity index (χ1n) is 9.45. The van der Waals surface area contributed by atoms with Crippen molar-refractivity contribution in [3.8, 4) is 11.4 Å². The highest BCUT2D eigenvalue weighted by Gasteiger charge is 2.11. The van der Waals surface area contributed by atoms with Gasteiger partial charge in [-0.2, -0.15) is 4.98 Å². The second kappa shape index (κ2) is 9.26. The largest absolute Gasteiger partial charge is 0.356 e. The van der Waals surface area contributed by atoms with E-state index in [0.29, 0.717) is 37.0 Å². The van der Waals surface area contributed by atoms with Crippen molar-refractivity contribution < 1.29 is 13.7 Å². The number of nitrogens with one attached hydrogen (secondary N) is 1. The maximum atomic E-state index is 13.1. The van der Waals surface area contributed by atoms with Gasteiger partial charge in [-0.1, -0.05) is 55.4 Å². The van der Waals surface area contributed by atoms with Crippen LogP contribution in [0.15, 0.2) is 53.1 Å². The number of rotatable bonds is 8. The lowest BCUT2D eigenvalue weighted by Gasteiger charge is -2.04. The number of aryl methyl sites for hydroxylation is 1. The molecule has 1 heterocycles. The predicted octanol–water partition coefficient (Wildman–Crippen LogP) is 4.29. The number of benzene rings is 2. The van der Waals surface area contributed by atoms with Gasteiger partial charge < -0.3 is 9.84 Å². The molecule has 0 aliphatic rings. The molecular formula is C22H24FN3O2. The minimum atomic E-state index is -0.269. The zero-order valence-electron chi connectivity index (χ0n) is 16.1. The molecule has 0 spiro atoms. The molecular weight excluding hydrogens is 357 g/mol. The summed E-state index contributed by atoms with van der Waals surface area (Å²) in [6, 6.07) is 14.4. The molecule has 28 heavy (non-hydrogen) atoms. The molecule has 0 aliphatic carbocycles. The second-order valence-corrected chi connectivity index (χ2v) is 7.02. The second-order valence-electron chi connectivity index (χ2n) is 7.02. The van der Waals surface area contributed by atoms with Gasteiger partial charge in [-0.15, -0.1) is 0 Å². The van der Waals surface area contributed by atoms with Crippen molar-refractivity contribution in [2.75, 3.05) is 6.54 Å². The Bertz CT molecular complexity index is 920. The van der Waals surface area contributed by atoms with Crippen LogP contribution in [0, 0.1) is 5.82 Å². The van der Waals surface area contributed by atoms with E-state index >= 15 is 0 Å². The Hall–Kier alpha value is -3.02. The monoisotopic (exact) mass is 381 g/mol. The van der Waals surface area contributed by atoms with Gasteiger partial charge in [0.25, 0.3) is 0 Å². The lowest BCUT2D eigenvalue weighted by atomic mass is 10.0. The zero-order chi connectivity index (χ0) is 19.9. The van der Waals surface area contributed by atoms with Crippen molar-refractivity contribution in [1.82, 2.24) is 15.5 Å². The Morgan fingerprint density at radius 1 is 1.14 bits per heavy atom. The molecule has 1 aromatic heterocycles. The molecule has 2 aromatic carbocycles. The van der Waals surface area contributed by atoms with Gasteiger partial charge in [0, 0.05) is 24.9 Å². The van der Waals surface area contributed by atoms with E-state index in [2.05, 4.69) is 41.4 Å². The molecule has 146 valence electrons. The fourth-order valence-corrected chi connectivity index (χ4v) is 2.84. The van der Waals surface area contributed by atoms with E-state index in [1.54, 1.807) is 6.07 Å². The van der Waals surface area contributed by atoms with Crippen LogP contribution in [0.1, 0.15) is 43.2 Å². The van der Waals surface area contributed by atoms with Crippen LogP contribution >= 0.6 is 0 Å². The molecule has 0 bridgehead atoms. The highest BCUT2D eigenvalue weighted by atomic mass is 19.1. The minimum absolute atomic E-state index is 0.0996. The Morgan fingerprint density at radius 2 is 1.93 bits per heavy atom. The maximum absolute atomic E-state index is 13.1. The van der Waals surface area contributed by atoms with Gasteiger partial charge in [-0.25, -0.2) is 4.39 Å². The number of hydrogen-bond donors (Lipinski definition) is 1. The molecule has 0 atom stereocenters. The number of halogens is 1. The molecule has 0 radical (unpaired) electrons. The molecule has 5 nitrogen and oxygen atoms in total. The van der Waals surface area contributed by atoms with Crippen molar-refractivity contribution in [2.24, 2.45) is 0 Å². The van der Waals surface area contributed by atoms with Gasteiger partial charge in [0.05, 0.1) is 0 Å². The molecule has 0 aliphatic heterocycles. The van der Waals surface area contributed by atoms with E-state index in [9.17, 15) is 9.18 Å². The van der Waals surface area contributed by atoms with E-state index in [0.717, 1.165) is 11.1 Å². The standard InChI is InChI=1S/C22H24FN3O2/c1-15(2)17-6-8-18(9-7-17)22-25-21(28-26-22)11-10-20(27)24-13-12-16-4-3-5-19(23)14-16/h3-9,14-15H,10-13H2,1-2H3,(H,24,27). The number of amides is 1. The van der Waals surface area contributed by atoms with Crippen LogP contribution in [0.2, 0.25) is 0 Å². The number of nitrogens with zero attached hydrogens (tertiary/aromatic N) is 2. The summed E-state index contributed by atoms with van der Waals surface area (Å²) in [5.74, 6) is 1.06. The average Bonchev–Trinajstić information content (AvgIpc) is 3.15. The van der Waals surface area contributed by atoms with Crippen molar-refractivity contribution in [3.63, 3.8) is 0 Å². The van der Waals surface area contributed by atoms with Gasteiger partial charge in [-0.05, 0) is 35.6 Å². The lowest BCUT2D eigenvalue weighted by molar-refractivity contribution is -0.121. The summed E-state index contributed by atoms with van der Waals surface area (Å²) in [4.78, 5) is 16.3. The number of carbonyl (C=O) groups excluding carboxylic acids is 1. The van der Waals surface area contributed by atoms with Gasteiger partial charge in [0.15, 0.2) is 0 Å². The molecule has 1 amide bonds. The van der Waals surface area contributed by atoms with E-state index < -0.39 is 0 Å². The molecule has 0 saturated heterocycles. The van der Waals surface area contributed by atoms with Crippen LogP contribution in [0.5, 0.6) is 0 Å². The third-order valence-corrected chi connectivity index (χ3v) is 4.49. The van der Waals surface area contributed by atoms with Gasteiger partial charge in [-0.3, -0.25) is 4.79 Å². The smallest absolute Gasteiger partial charge is 0.227 e. The highest BCUT2D eigenvalue weighted by molar-refractivity contribution is 5.76. The van der Waals surface area contributed by atoms with Crippen molar-refractivity contribution in [2.45, 2.75) is 39.0 Å². The average molecular weight is 381 g/mol. The summed E-state index contributed by atoms with van der Waals surface area (Å²) >= 11 is 0. The van der Waals surface area contributed by atoms with Crippen LogP contribution in [0.4, 0.5) is 4.39 Å². The summed E-state index contributed by atoms with van der Waals surface area (Å²) in [6.07, 6.45) is 1.22. The summed E-state index contributed by atoms with van der Waals surface area (Å²) in [5.41, 5.74) is 2.99. The van der Waals surface area contributed by atoms with E-state index in [-0.39, 0.29) is 18.1 Å². The third kappa shape index (κ3) is 5.49. The molecule has 0 unspecified atom stereocenters. The Morgan fingerprint density at radius 3 is 2.64 bits per heavy atom. The normalized spacial score (nSPS) is 11.0. The molecule has 6 heteroatoms. The van der Waals surface area contributed by atoms with Crippen molar-refractivity contribution in [3.05, 3.63) is 71.4 Å². The first kappa shape index (κ1) is 19.7. The summed E-state index contributed by atoms with van der Waals surface area (Å²) < 4.78 is 18.4. The van der Waals surface area contributed by atoms with Gasteiger partial charge in [0.1, 0.15) is 5.82 Å². The third-order valence-electron chi connectivity index (χ3n) is 4.49. The van der Waals surface area contributed by atoms with Crippen LogP contribution < -0.4 is 5.32 Å². The van der Waals surface area contributed by atoms with Gasteiger partial charge >= 0.3 is 0 Å². The van der Waals surface area contributed by atoms with E-state index in [1.165, 1.54) is 17.7 Å². The maximum Gasteiger partial charge on any atom is 0.227 e. The highest BCUT2D eigenvalue weighted by Crippen LogP contribution is 2.20. The van der Waals surface area contributed by atoms with Crippen molar-refractivity contribution in [1.29, 1.82) is 0 Å².